The van der Waals surface area contributed by atoms with Crippen LogP contribution in [0.4, 0.5) is 0 Å². The fourth-order valence-electron chi connectivity index (χ4n) is 2.92. The summed E-state index contributed by atoms with van der Waals surface area (Å²) >= 11 is 6.04. The maximum atomic E-state index is 9.36. The van der Waals surface area contributed by atoms with Crippen LogP contribution in [0.25, 0.3) is 0 Å². The summed E-state index contributed by atoms with van der Waals surface area (Å²) in [5.74, 6) is 0. The van der Waals surface area contributed by atoms with Gasteiger partial charge in [0.1, 0.15) is 0 Å². The van der Waals surface area contributed by atoms with E-state index in [1.165, 1.54) is 11.1 Å². The van der Waals surface area contributed by atoms with Crippen molar-refractivity contribution in [1.29, 1.82) is 0 Å². The quantitative estimate of drug-likeness (QED) is 0.900. The van der Waals surface area contributed by atoms with Crippen molar-refractivity contribution >= 4 is 11.6 Å². The van der Waals surface area contributed by atoms with Gasteiger partial charge in [-0.05, 0) is 47.2 Å². The van der Waals surface area contributed by atoms with Crippen LogP contribution in [-0.4, -0.2) is 5.11 Å². The highest BCUT2D eigenvalue weighted by atomic mass is 35.5. The molecule has 1 atom stereocenters. The lowest BCUT2D eigenvalue weighted by atomic mass is 10.1. The van der Waals surface area contributed by atoms with E-state index in [1.807, 2.05) is 24.3 Å². The normalized spacial score (nSPS) is 17.2. The summed E-state index contributed by atoms with van der Waals surface area (Å²) in [6.45, 7) is 0.873. The topological polar surface area (TPSA) is 32.3 Å². The molecule has 2 aromatic carbocycles. The lowest BCUT2D eigenvalue weighted by Crippen LogP contribution is -2.19. The molecule has 3 rings (SSSR count). The van der Waals surface area contributed by atoms with Gasteiger partial charge in [-0.25, -0.2) is 0 Å². The standard InChI is InChI=1S/C17H18ClNO/c18-15-6-7-16-12(9-15)5-8-17(16)19-10-13-3-1-2-4-14(13)11-20/h1-4,6-7,9,17,19-20H,5,8,10-11H2. The predicted octanol–water partition coefficient (Wildman–Crippen LogP) is 3.61. The Morgan fingerprint density at radius 2 is 1.95 bits per heavy atom. The van der Waals surface area contributed by atoms with Crippen LogP contribution >= 0.6 is 11.6 Å². The molecule has 2 nitrogen and oxygen atoms in total. The molecule has 0 radical (unpaired) electrons. The number of aliphatic hydroxyl groups is 1. The Hall–Kier alpha value is -1.35. The Labute approximate surface area is 124 Å². The van der Waals surface area contributed by atoms with E-state index in [2.05, 4.69) is 23.5 Å². The van der Waals surface area contributed by atoms with Crippen LogP contribution in [0.15, 0.2) is 42.5 Å². The third-order valence-corrected chi connectivity index (χ3v) is 4.25. The molecule has 20 heavy (non-hydrogen) atoms. The average Bonchev–Trinajstić information content (AvgIpc) is 2.87. The minimum atomic E-state index is 0.0920. The second-order valence-electron chi connectivity index (χ2n) is 5.24. The molecule has 0 saturated carbocycles. The van der Waals surface area contributed by atoms with Crippen LogP contribution < -0.4 is 5.32 Å². The third-order valence-electron chi connectivity index (χ3n) is 4.01. The number of rotatable bonds is 4. The van der Waals surface area contributed by atoms with Gasteiger partial charge in [-0.2, -0.15) is 0 Å². The molecule has 0 heterocycles. The van der Waals surface area contributed by atoms with Crippen LogP contribution in [0, 0.1) is 0 Å². The zero-order chi connectivity index (χ0) is 13.9. The molecule has 3 heteroatoms. The summed E-state index contributed by atoms with van der Waals surface area (Å²) in [5.41, 5.74) is 4.87. The van der Waals surface area contributed by atoms with Gasteiger partial charge in [0.2, 0.25) is 0 Å². The first-order chi connectivity index (χ1) is 9.78. The molecule has 1 unspecified atom stereocenters. The maximum Gasteiger partial charge on any atom is 0.0685 e. The Morgan fingerprint density at radius 3 is 2.75 bits per heavy atom. The molecule has 0 amide bonds. The van der Waals surface area contributed by atoms with Crippen molar-refractivity contribution in [2.45, 2.75) is 32.0 Å². The number of hydrogen-bond acceptors (Lipinski definition) is 2. The summed E-state index contributed by atoms with van der Waals surface area (Å²) in [7, 11) is 0. The number of fused-ring (bicyclic) bond motifs is 1. The number of aliphatic hydroxyl groups excluding tert-OH is 1. The molecule has 0 aliphatic heterocycles. The first kappa shape index (κ1) is 13.6. The Bertz CT molecular complexity index is 612. The molecule has 0 aromatic heterocycles. The van der Waals surface area contributed by atoms with E-state index in [9.17, 15) is 5.11 Å². The van der Waals surface area contributed by atoms with Crippen LogP contribution in [0.5, 0.6) is 0 Å². The van der Waals surface area contributed by atoms with Gasteiger partial charge in [-0.1, -0.05) is 41.9 Å². The van der Waals surface area contributed by atoms with Crippen molar-refractivity contribution < 1.29 is 5.11 Å². The van der Waals surface area contributed by atoms with Crippen LogP contribution in [-0.2, 0) is 19.6 Å². The van der Waals surface area contributed by atoms with Crippen LogP contribution in [0.1, 0.15) is 34.7 Å². The van der Waals surface area contributed by atoms with Gasteiger partial charge in [0.05, 0.1) is 6.61 Å². The summed E-state index contributed by atoms with van der Waals surface area (Å²) in [6, 6.07) is 14.5. The number of aryl methyl sites for hydroxylation is 1. The molecule has 104 valence electrons. The van der Waals surface area contributed by atoms with Gasteiger partial charge < -0.3 is 10.4 Å². The molecule has 1 aliphatic rings. The molecule has 2 aromatic rings. The predicted molar refractivity (Wildman–Crippen MR) is 81.7 cm³/mol. The molecular formula is C17H18ClNO. The minimum Gasteiger partial charge on any atom is -0.392 e. The van der Waals surface area contributed by atoms with Crippen LogP contribution in [0.2, 0.25) is 5.02 Å². The smallest absolute Gasteiger partial charge is 0.0685 e. The minimum absolute atomic E-state index is 0.0920. The zero-order valence-electron chi connectivity index (χ0n) is 11.3. The lowest BCUT2D eigenvalue weighted by molar-refractivity contribution is 0.280. The fourth-order valence-corrected chi connectivity index (χ4v) is 3.11. The molecule has 0 bridgehead atoms. The summed E-state index contributed by atoms with van der Waals surface area (Å²) in [6.07, 6.45) is 2.19. The number of hydrogen-bond donors (Lipinski definition) is 2. The van der Waals surface area contributed by atoms with Crippen molar-refractivity contribution in [2.75, 3.05) is 0 Å². The molecule has 0 saturated heterocycles. The molecule has 0 spiro atoms. The monoisotopic (exact) mass is 287 g/mol. The Morgan fingerprint density at radius 1 is 1.15 bits per heavy atom. The Balaban J connectivity index is 1.72. The summed E-state index contributed by atoms with van der Waals surface area (Å²) < 4.78 is 0. The maximum absolute atomic E-state index is 9.36. The van der Waals surface area contributed by atoms with E-state index in [-0.39, 0.29) is 6.61 Å². The summed E-state index contributed by atoms with van der Waals surface area (Å²) in [5, 5.41) is 13.8. The van der Waals surface area contributed by atoms with E-state index in [0.717, 1.165) is 35.5 Å². The van der Waals surface area contributed by atoms with E-state index < -0.39 is 0 Å². The van der Waals surface area contributed by atoms with Gasteiger partial charge in [0.15, 0.2) is 0 Å². The van der Waals surface area contributed by atoms with Crippen molar-refractivity contribution in [3.63, 3.8) is 0 Å². The molecule has 2 N–H and O–H groups in total. The second-order valence-corrected chi connectivity index (χ2v) is 5.68. The van der Waals surface area contributed by atoms with Crippen LogP contribution in [0.3, 0.4) is 0 Å². The van der Waals surface area contributed by atoms with E-state index >= 15 is 0 Å². The SMILES string of the molecule is OCc1ccccc1CNC1CCc2cc(Cl)ccc21. The first-order valence-corrected chi connectivity index (χ1v) is 7.35. The van der Waals surface area contributed by atoms with Gasteiger partial charge >= 0.3 is 0 Å². The van der Waals surface area contributed by atoms with Crippen molar-refractivity contribution in [3.8, 4) is 0 Å². The fraction of sp³-hybridized carbons (Fsp3) is 0.294. The van der Waals surface area contributed by atoms with Gasteiger partial charge in [-0.3, -0.25) is 0 Å². The van der Waals surface area contributed by atoms with E-state index in [4.69, 9.17) is 11.6 Å². The molecule has 1 aliphatic carbocycles. The second kappa shape index (κ2) is 5.96. The van der Waals surface area contributed by atoms with E-state index in [0.29, 0.717) is 6.04 Å². The number of halogens is 1. The lowest BCUT2D eigenvalue weighted by Gasteiger charge is -2.15. The Kier molecular flexibility index (Phi) is 4.06. The van der Waals surface area contributed by atoms with Gasteiger partial charge in [0, 0.05) is 17.6 Å². The highest BCUT2D eigenvalue weighted by Crippen LogP contribution is 2.33. The van der Waals surface area contributed by atoms with Gasteiger partial charge in [-0.15, -0.1) is 0 Å². The third kappa shape index (κ3) is 2.73. The number of benzene rings is 2. The van der Waals surface area contributed by atoms with Gasteiger partial charge in [0.25, 0.3) is 0 Å². The van der Waals surface area contributed by atoms with Crippen molar-refractivity contribution in [3.05, 3.63) is 69.7 Å². The largest absolute Gasteiger partial charge is 0.392 e. The van der Waals surface area contributed by atoms with Crippen molar-refractivity contribution in [2.24, 2.45) is 0 Å². The highest BCUT2D eigenvalue weighted by Gasteiger charge is 2.22. The molecule has 0 fully saturated rings. The number of nitrogens with one attached hydrogen (secondary N) is 1. The zero-order valence-corrected chi connectivity index (χ0v) is 12.0. The summed E-state index contributed by atoms with van der Waals surface area (Å²) in [4.78, 5) is 0. The average molecular weight is 288 g/mol. The van der Waals surface area contributed by atoms with Crippen molar-refractivity contribution in [1.82, 2.24) is 5.32 Å². The first-order valence-electron chi connectivity index (χ1n) is 6.97. The molecular weight excluding hydrogens is 270 g/mol. The van der Waals surface area contributed by atoms with E-state index in [1.54, 1.807) is 0 Å². The highest BCUT2D eigenvalue weighted by molar-refractivity contribution is 6.30.